The third-order valence-corrected chi connectivity index (χ3v) is 2.47. The van der Waals surface area contributed by atoms with E-state index >= 15 is 0 Å². The van der Waals surface area contributed by atoms with E-state index in [9.17, 15) is 4.79 Å². The maximum atomic E-state index is 10.5. The van der Waals surface area contributed by atoms with Crippen molar-refractivity contribution in [1.82, 2.24) is 4.98 Å². The van der Waals surface area contributed by atoms with Crippen LogP contribution in [0.3, 0.4) is 0 Å². The van der Waals surface area contributed by atoms with Gasteiger partial charge in [0, 0.05) is 21.1 Å². The molecule has 2 N–H and O–H groups in total. The summed E-state index contributed by atoms with van der Waals surface area (Å²) in [6.07, 6.45) is 0.0340. The molecule has 2 rings (SSSR count). The van der Waals surface area contributed by atoms with Gasteiger partial charge in [-0.1, -0.05) is 15.9 Å². The van der Waals surface area contributed by atoms with Gasteiger partial charge in [-0.3, -0.25) is 4.79 Å². The van der Waals surface area contributed by atoms with Crippen molar-refractivity contribution in [2.45, 2.75) is 6.42 Å². The lowest BCUT2D eigenvalue weighted by atomic mass is 10.2. The van der Waals surface area contributed by atoms with Crippen LogP contribution >= 0.6 is 15.9 Å². The van der Waals surface area contributed by atoms with Gasteiger partial charge >= 0.3 is 5.97 Å². The van der Waals surface area contributed by atoms with Gasteiger partial charge in [-0.2, -0.15) is 0 Å². The molecule has 0 aliphatic rings. The molecular formula is C10H8BrNO2. The van der Waals surface area contributed by atoms with Crippen LogP contribution in [0.1, 0.15) is 5.69 Å². The lowest BCUT2D eigenvalue weighted by molar-refractivity contribution is -0.136. The molecule has 0 unspecified atom stereocenters. The molecule has 0 radical (unpaired) electrons. The van der Waals surface area contributed by atoms with Gasteiger partial charge in [0.15, 0.2) is 0 Å². The van der Waals surface area contributed by atoms with E-state index in [0.717, 1.165) is 21.1 Å². The number of carbonyl (C=O) groups is 1. The van der Waals surface area contributed by atoms with Crippen LogP contribution in [0.5, 0.6) is 0 Å². The van der Waals surface area contributed by atoms with E-state index in [0.29, 0.717) is 0 Å². The molecule has 0 saturated heterocycles. The number of aromatic nitrogens is 1. The highest BCUT2D eigenvalue weighted by molar-refractivity contribution is 9.10. The summed E-state index contributed by atoms with van der Waals surface area (Å²) in [6, 6.07) is 7.65. The SMILES string of the molecule is O=C(O)Cc1cc2cc(Br)ccc2[nH]1. The van der Waals surface area contributed by atoms with Crippen LogP contribution < -0.4 is 0 Å². The van der Waals surface area contributed by atoms with E-state index in [4.69, 9.17) is 5.11 Å². The second-order valence-electron chi connectivity index (χ2n) is 3.10. The highest BCUT2D eigenvalue weighted by atomic mass is 79.9. The van der Waals surface area contributed by atoms with Crippen LogP contribution in [0, 0.1) is 0 Å². The second-order valence-corrected chi connectivity index (χ2v) is 4.01. The summed E-state index contributed by atoms with van der Waals surface area (Å²) in [5.74, 6) is -0.823. The average Bonchev–Trinajstić information content (AvgIpc) is 2.44. The minimum absolute atomic E-state index is 0.0340. The Kier molecular flexibility index (Phi) is 2.29. The summed E-state index contributed by atoms with van der Waals surface area (Å²) in [7, 11) is 0. The second kappa shape index (κ2) is 3.46. The first-order chi connectivity index (χ1) is 6.65. The van der Waals surface area contributed by atoms with E-state index < -0.39 is 5.97 Å². The summed E-state index contributed by atoms with van der Waals surface area (Å²) in [5, 5.41) is 9.64. The predicted octanol–water partition coefficient (Wildman–Crippen LogP) is 2.56. The Bertz CT molecular complexity index is 490. The van der Waals surface area contributed by atoms with Crippen molar-refractivity contribution in [3.05, 3.63) is 34.4 Å². The molecule has 0 spiro atoms. The number of fused-ring (bicyclic) bond motifs is 1. The molecule has 3 nitrogen and oxygen atoms in total. The topological polar surface area (TPSA) is 53.1 Å². The molecule has 2 aromatic rings. The van der Waals surface area contributed by atoms with E-state index in [2.05, 4.69) is 20.9 Å². The fourth-order valence-electron chi connectivity index (χ4n) is 1.42. The van der Waals surface area contributed by atoms with Crippen LogP contribution in [0.25, 0.3) is 10.9 Å². The Morgan fingerprint density at radius 1 is 1.43 bits per heavy atom. The summed E-state index contributed by atoms with van der Waals surface area (Å²) >= 11 is 3.36. The molecule has 72 valence electrons. The normalized spacial score (nSPS) is 10.6. The lowest BCUT2D eigenvalue weighted by Gasteiger charge is -1.89. The number of nitrogens with one attached hydrogen (secondary N) is 1. The lowest BCUT2D eigenvalue weighted by Crippen LogP contribution is -1.99. The molecule has 0 saturated carbocycles. The Morgan fingerprint density at radius 2 is 2.21 bits per heavy atom. The van der Waals surface area contributed by atoms with Gasteiger partial charge in [0.05, 0.1) is 6.42 Å². The minimum atomic E-state index is -0.823. The Hall–Kier alpha value is -1.29. The predicted molar refractivity (Wildman–Crippen MR) is 57.3 cm³/mol. The van der Waals surface area contributed by atoms with Crippen LogP contribution in [-0.4, -0.2) is 16.1 Å². The zero-order chi connectivity index (χ0) is 10.1. The number of hydrogen-bond acceptors (Lipinski definition) is 1. The molecule has 1 heterocycles. The van der Waals surface area contributed by atoms with Gasteiger partial charge < -0.3 is 10.1 Å². The number of aliphatic carboxylic acids is 1. The van der Waals surface area contributed by atoms with Gasteiger partial charge in [-0.05, 0) is 24.3 Å². The van der Waals surface area contributed by atoms with Crippen molar-refractivity contribution in [1.29, 1.82) is 0 Å². The van der Waals surface area contributed by atoms with Gasteiger partial charge in [-0.15, -0.1) is 0 Å². The molecule has 4 heteroatoms. The minimum Gasteiger partial charge on any atom is -0.481 e. The largest absolute Gasteiger partial charge is 0.481 e. The Labute approximate surface area is 88.9 Å². The fraction of sp³-hybridized carbons (Fsp3) is 0.100. The van der Waals surface area contributed by atoms with Crippen LogP contribution in [0.2, 0.25) is 0 Å². The van der Waals surface area contributed by atoms with Crippen molar-refractivity contribution in [2.24, 2.45) is 0 Å². The Morgan fingerprint density at radius 3 is 2.93 bits per heavy atom. The van der Waals surface area contributed by atoms with E-state index in [1.54, 1.807) is 0 Å². The number of aromatic amines is 1. The molecular weight excluding hydrogens is 246 g/mol. The highest BCUT2D eigenvalue weighted by Gasteiger charge is 2.04. The summed E-state index contributed by atoms with van der Waals surface area (Å²) in [4.78, 5) is 13.5. The molecule has 1 aromatic carbocycles. The van der Waals surface area contributed by atoms with Gasteiger partial charge in [0.1, 0.15) is 0 Å². The smallest absolute Gasteiger partial charge is 0.309 e. The summed E-state index contributed by atoms with van der Waals surface area (Å²) in [6.45, 7) is 0. The molecule has 0 amide bonds. The molecule has 0 atom stereocenters. The quantitative estimate of drug-likeness (QED) is 0.865. The molecule has 1 aromatic heterocycles. The summed E-state index contributed by atoms with van der Waals surface area (Å²) in [5.41, 5.74) is 1.69. The zero-order valence-corrected chi connectivity index (χ0v) is 8.84. The third-order valence-electron chi connectivity index (χ3n) is 1.98. The number of halogens is 1. The number of hydrogen-bond donors (Lipinski definition) is 2. The highest BCUT2D eigenvalue weighted by Crippen LogP contribution is 2.20. The van der Waals surface area contributed by atoms with Gasteiger partial charge in [0.2, 0.25) is 0 Å². The van der Waals surface area contributed by atoms with Crippen molar-refractivity contribution < 1.29 is 9.90 Å². The van der Waals surface area contributed by atoms with E-state index in [-0.39, 0.29) is 6.42 Å². The van der Waals surface area contributed by atoms with E-state index in [1.807, 2.05) is 24.3 Å². The van der Waals surface area contributed by atoms with Gasteiger partial charge in [-0.25, -0.2) is 0 Å². The summed E-state index contributed by atoms with van der Waals surface area (Å²) < 4.78 is 0.992. The molecule has 0 fully saturated rings. The number of rotatable bonds is 2. The van der Waals surface area contributed by atoms with Gasteiger partial charge in [0.25, 0.3) is 0 Å². The maximum absolute atomic E-state index is 10.5. The molecule has 0 bridgehead atoms. The zero-order valence-electron chi connectivity index (χ0n) is 7.25. The van der Waals surface area contributed by atoms with Crippen LogP contribution in [0.15, 0.2) is 28.7 Å². The van der Waals surface area contributed by atoms with E-state index in [1.165, 1.54) is 0 Å². The molecule has 14 heavy (non-hydrogen) atoms. The number of H-pyrrole nitrogens is 1. The van der Waals surface area contributed by atoms with Crippen molar-refractivity contribution in [3.63, 3.8) is 0 Å². The average molecular weight is 254 g/mol. The Balaban J connectivity index is 2.46. The van der Waals surface area contributed by atoms with Crippen molar-refractivity contribution in [3.8, 4) is 0 Å². The third kappa shape index (κ3) is 1.80. The monoisotopic (exact) mass is 253 g/mol. The fourth-order valence-corrected chi connectivity index (χ4v) is 1.80. The number of benzene rings is 1. The number of carboxylic acid groups (broad SMARTS) is 1. The molecule has 0 aliphatic carbocycles. The maximum Gasteiger partial charge on any atom is 0.309 e. The standard InChI is InChI=1S/C10H8BrNO2/c11-7-1-2-9-6(3-7)4-8(12-9)5-10(13)14/h1-4,12H,5H2,(H,13,14). The first kappa shape index (κ1) is 9.27. The van der Waals surface area contributed by atoms with Crippen molar-refractivity contribution >= 4 is 32.8 Å². The van der Waals surface area contributed by atoms with Crippen molar-refractivity contribution in [2.75, 3.05) is 0 Å². The van der Waals surface area contributed by atoms with Crippen LogP contribution in [-0.2, 0) is 11.2 Å². The van der Waals surface area contributed by atoms with Crippen LogP contribution in [0.4, 0.5) is 0 Å². The molecule has 0 aliphatic heterocycles. The first-order valence-electron chi connectivity index (χ1n) is 4.14. The first-order valence-corrected chi connectivity index (χ1v) is 4.93. The number of carboxylic acids is 1.